The van der Waals surface area contributed by atoms with Crippen molar-refractivity contribution in [2.75, 3.05) is 0 Å². The summed E-state index contributed by atoms with van der Waals surface area (Å²) in [6.45, 7) is 1.99. The zero-order valence-corrected chi connectivity index (χ0v) is 11.8. The van der Waals surface area contributed by atoms with Gasteiger partial charge in [0.15, 0.2) is 23.0 Å². The summed E-state index contributed by atoms with van der Waals surface area (Å²) in [5.74, 6) is 1.78. The molecule has 0 unspecified atom stereocenters. The highest BCUT2D eigenvalue weighted by molar-refractivity contribution is 14.1. The van der Waals surface area contributed by atoms with E-state index in [2.05, 4.69) is 14.5 Å². The van der Waals surface area contributed by atoms with Gasteiger partial charge in [0.25, 0.3) is 0 Å². The maximum Gasteiger partial charge on any atom is 0.192 e. The number of imidazole rings is 1. The van der Waals surface area contributed by atoms with Gasteiger partial charge in [-0.2, -0.15) is 0 Å². The van der Waals surface area contributed by atoms with Crippen molar-refractivity contribution in [3.63, 3.8) is 0 Å². The molecule has 0 spiro atoms. The van der Waals surface area contributed by atoms with Crippen molar-refractivity contribution >= 4 is 34.0 Å². The van der Waals surface area contributed by atoms with Crippen LogP contribution in [0.25, 0.3) is 16.7 Å². The molecule has 0 aliphatic rings. The number of fused-ring (bicyclic) bond motifs is 1. The van der Waals surface area contributed by atoms with E-state index in [4.69, 9.17) is 3.07 Å². The van der Waals surface area contributed by atoms with Crippen LogP contribution >= 0.6 is 23.0 Å². The Kier molecular flexibility index (Phi) is 2.91. The average molecular weight is 351 g/mol. The Morgan fingerprint density at radius 1 is 1.17 bits per heavy atom. The van der Waals surface area contributed by atoms with Crippen molar-refractivity contribution in [3.05, 3.63) is 48.5 Å². The highest BCUT2D eigenvalue weighted by atomic mass is 127. The lowest BCUT2D eigenvalue weighted by molar-refractivity contribution is 0.716. The van der Waals surface area contributed by atoms with Gasteiger partial charge in [0.2, 0.25) is 0 Å². The topological polar surface area (TPSA) is 39.9 Å². The number of pyridine rings is 1. The first-order valence-electron chi connectivity index (χ1n) is 5.47. The fourth-order valence-corrected chi connectivity index (χ4v) is 2.32. The smallest absolute Gasteiger partial charge is 0.192 e. The van der Waals surface area contributed by atoms with Crippen LogP contribution in [-0.4, -0.2) is 14.5 Å². The molecule has 3 aromatic rings. The lowest BCUT2D eigenvalue weighted by Crippen LogP contribution is -1.96. The minimum atomic E-state index is 0.836. The molecule has 0 aliphatic heterocycles. The molecule has 4 nitrogen and oxygen atoms in total. The van der Waals surface area contributed by atoms with Gasteiger partial charge in [0.1, 0.15) is 17.1 Å². The summed E-state index contributed by atoms with van der Waals surface area (Å²) in [5.41, 5.74) is 3.04. The van der Waals surface area contributed by atoms with E-state index in [1.54, 1.807) is 12.4 Å². The summed E-state index contributed by atoms with van der Waals surface area (Å²) in [4.78, 5) is 8.59. The van der Waals surface area contributed by atoms with Crippen molar-refractivity contribution < 1.29 is 3.07 Å². The molecule has 18 heavy (non-hydrogen) atoms. The molecule has 0 fully saturated rings. The van der Waals surface area contributed by atoms with Crippen LogP contribution in [-0.2, 0) is 0 Å². The van der Waals surface area contributed by atoms with Crippen LogP contribution in [0.3, 0.4) is 0 Å². The molecule has 2 heterocycles. The van der Waals surface area contributed by atoms with Gasteiger partial charge in [-0.25, -0.2) is 4.98 Å². The molecular weight excluding hydrogens is 341 g/mol. The number of rotatable bonds is 2. The first-order chi connectivity index (χ1) is 8.79. The monoisotopic (exact) mass is 351 g/mol. The zero-order chi connectivity index (χ0) is 12.5. The first kappa shape index (κ1) is 11.5. The van der Waals surface area contributed by atoms with Crippen LogP contribution in [0.1, 0.15) is 5.82 Å². The predicted molar refractivity (Wildman–Crippen MR) is 78.3 cm³/mol. The molecule has 1 aromatic carbocycles. The predicted octanol–water partition coefficient (Wildman–Crippen LogP) is 3.46. The number of halogens is 1. The summed E-state index contributed by atoms with van der Waals surface area (Å²) in [5, 5.41) is 0. The molecule has 0 saturated carbocycles. The van der Waals surface area contributed by atoms with Crippen LogP contribution in [0, 0.1) is 6.92 Å². The second-order valence-electron chi connectivity index (χ2n) is 3.93. The van der Waals surface area contributed by atoms with Crippen LogP contribution in [0.4, 0.5) is 0 Å². The van der Waals surface area contributed by atoms with Crippen LogP contribution in [0.15, 0.2) is 42.7 Å². The molecule has 0 radical (unpaired) electrons. The van der Waals surface area contributed by atoms with Crippen molar-refractivity contribution in [2.24, 2.45) is 0 Å². The van der Waals surface area contributed by atoms with Gasteiger partial charge in [0.05, 0.1) is 11.7 Å². The van der Waals surface area contributed by atoms with Gasteiger partial charge in [-0.1, -0.05) is 0 Å². The zero-order valence-electron chi connectivity index (χ0n) is 9.67. The maximum absolute atomic E-state index is 5.14. The van der Waals surface area contributed by atoms with Gasteiger partial charge >= 0.3 is 0 Å². The Morgan fingerprint density at radius 3 is 2.67 bits per heavy atom. The first-order valence-corrected chi connectivity index (χ1v) is 6.36. The van der Waals surface area contributed by atoms with E-state index < -0.39 is 0 Å². The number of aromatic nitrogens is 3. The summed E-state index contributed by atoms with van der Waals surface area (Å²) in [6, 6.07) is 9.88. The molecule has 0 saturated heterocycles. The van der Waals surface area contributed by atoms with Crippen molar-refractivity contribution in [1.82, 2.24) is 14.5 Å². The molecular formula is C13H10IN3O. The van der Waals surface area contributed by atoms with Crippen LogP contribution < -0.4 is 3.07 Å². The molecule has 0 aliphatic carbocycles. The van der Waals surface area contributed by atoms with Crippen LogP contribution in [0.2, 0.25) is 0 Å². The standard InChI is InChI=1S/C13H10IN3O/c1-9-16-12-8-15-7-6-13(12)17(9)10-2-4-11(18-14)5-3-10/h2-8H,1H3. The van der Waals surface area contributed by atoms with E-state index in [9.17, 15) is 0 Å². The third-order valence-corrected chi connectivity index (χ3v) is 3.32. The Bertz CT molecular complexity index is 691. The lowest BCUT2D eigenvalue weighted by Gasteiger charge is -2.07. The van der Waals surface area contributed by atoms with Gasteiger partial charge in [-0.05, 0) is 37.3 Å². The fourth-order valence-electron chi connectivity index (χ4n) is 2.03. The Morgan fingerprint density at radius 2 is 1.94 bits per heavy atom. The molecule has 90 valence electrons. The van der Waals surface area contributed by atoms with Crippen LogP contribution in [0.5, 0.6) is 5.75 Å². The van der Waals surface area contributed by atoms with Gasteiger partial charge in [-0.15, -0.1) is 0 Å². The number of hydrogen-bond donors (Lipinski definition) is 0. The van der Waals surface area contributed by atoms with Gasteiger partial charge in [-0.3, -0.25) is 9.55 Å². The summed E-state index contributed by atoms with van der Waals surface area (Å²) < 4.78 is 7.24. The van der Waals surface area contributed by atoms with E-state index in [0.717, 1.165) is 28.3 Å². The maximum atomic E-state index is 5.14. The van der Waals surface area contributed by atoms with Crippen molar-refractivity contribution in [3.8, 4) is 11.4 Å². The van der Waals surface area contributed by atoms with Gasteiger partial charge < -0.3 is 3.07 Å². The molecule has 5 heteroatoms. The number of nitrogens with zero attached hydrogens (tertiary/aromatic N) is 3. The fraction of sp³-hybridized carbons (Fsp3) is 0.0769. The largest absolute Gasteiger partial charge is 0.428 e. The molecule has 0 atom stereocenters. The summed E-state index contributed by atoms with van der Waals surface area (Å²) in [6.07, 6.45) is 3.56. The SMILES string of the molecule is Cc1nc2cnccc2n1-c1ccc(OI)cc1. The van der Waals surface area contributed by atoms with Crippen molar-refractivity contribution in [2.45, 2.75) is 6.92 Å². The Labute approximate surface area is 118 Å². The van der Waals surface area contributed by atoms with E-state index in [1.165, 1.54) is 0 Å². The summed E-state index contributed by atoms with van der Waals surface area (Å²) >= 11 is 1.87. The Balaban J connectivity index is 2.20. The van der Waals surface area contributed by atoms with E-state index >= 15 is 0 Å². The van der Waals surface area contributed by atoms with Crippen molar-refractivity contribution in [1.29, 1.82) is 0 Å². The minimum Gasteiger partial charge on any atom is -0.428 e. The third-order valence-electron chi connectivity index (χ3n) is 2.81. The molecule has 0 N–H and O–H groups in total. The number of benzene rings is 1. The highest BCUT2D eigenvalue weighted by Crippen LogP contribution is 2.22. The molecule has 2 aromatic heterocycles. The quantitative estimate of drug-likeness (QED) is 0.664. The summed E-state index contributed by atoms with van der Waals surface area (Å²) in [7, 11) is 0. The molecule has 0 amide bonds. The Hall–Kier alpha value is -1.63. The lowest BCUT2D eigenvalue weighted by atomic mass is 10.3. The molecule has 3 rings (SSSR count). The third kappa shape index (κ3) is 1.84. The minimum absolute atomic E-state index is 0.836. The van der Waals surface area contributed by atoms with E-state index in [-0.39, 0.29) is 0 Å². The second-order valence-corrected chi connectivity index (χ2v) is 4.37. The normalized spacial score (nSPS) is 10.8. The average Bonchev–Trinajstić information content (AvgIpc) is 2.75. The second kappa shape index (κ2) is 4.56. The number of aryl methyl sites for hydroxylation is 1. The molecule has 0 bridgehead atoms. The van der Waals surface area contributed by atoms with E-state index in [0.29, 0.717) is 0 Å². The van der Waals surface area contributed by atoms with E-state index in [1.807, 2.05) is 60.3 Å². The highest BCUT2D eigenvalue weighted by Gasteiger charge is 2.08. The number of hydrogen-bond acceptors (Lipinski definition) is 3. The van der Waals surface area contributed by atoms with Gasteiger partial charge in [0, 0.05) is 11.9 Å².